The van der Waals surface area contributed by atoms with Crippen LogP contribution in [0.4, 0.5) is 0 Å². The standard InChI is InChI=1S/C13H21N/c1-4-5-11-13(14(2)3)12-9-7-6-8-10-12/h6-10,13H,4-5,11H2,1-3H3. The predicted molar refractivity (Wildman–Crippen MR) is 62.4 cm³/mol. The van der Waals surface area contributed by atoms with Gasteiger partial charge in [0, 0.05) is 6.04 Å². The lowest BCUT2D eigenvalue weighted by molar-refractivity contribution is 0.278. The molecule has 0 saturated heterocycles. The molecule has 0 bridgehead atoms. The van der Waals surface area contributed by atoms with Crippen molar-refractivity contribution < 1.29 is 0 Å². The van der Waals surface area contributed by atoms with Gasteiger partial charge in [-0.25, -0.2) is 0 Å². The Bertz CT molecular complexity index is 241. The summed E-state index contributed by atoms with van der Waals surface area (Å²) in [5, 5.41) is 0. The van der Waals surface area contributed by atoms with Crippen LogP contribution in [-0.2, 0) is 0 Å². The first-order valence-corrected chi connectivity index (χ1v) is 5.47. The molecule has 1 heteroatoms. The van der Waals surface area contributed by atoms with Gasteiger partial charge in [-0.3, -0.25) is 0 Å². The number of benzene rings is 1. The average Bonchev–Trinajstić information content (AvgIpc) is 2.19. The van der Waals surface area contributed by atoms with Crippen LogP contribution in [0.3, 0.4) is 0 Å². The number of nitrogens with zero attached hydrogens (tertiary/aromatic N) is 1. The molecule has 0 aromatic heterocycles. The maximum absolute atomic E-state index is 2.31. The van der Waals surface area contributed by atoms with Crippen molar-refractivity contribution in [3.05, 3.63) is 35.9 Å². The minimum atomic E-state index is 0.580. The summed E-state index contributed by atoms with van der Waals surface area (Å²) in [6, 6.07) is 11.3. The van der Waals surface area contributed by atoms with E-state index in [0.717, 1.165) is 0 Å². The van der Waals surface area contributed by atoms with E-state index < -0.39 is 0 Å². The van der Waals surface area contributed by atoms with Crippen LogP contribution in [0.5, 0.6) is 0 Å². The second kappa shape index (κ2) is 5.82. The van der Waals surface area contributed by atoms with Gasteiger partial charge < -0.3 is 4.90 Å². The quantitative estimate of drug-likeness (QED) is 0.688. The Morgan fingerprint density at radius 2 is 1.79 bits per heavy atom. The summed E-state index contributed by atoms with van der Waals surface area (Å²) in [6.07, 6.45) is 3.84. The topological polar surface area (TPSA) is 3.24 Å². The number of hydrogen-bond donors (Lipinski definition) is 0. The summed E-state index contributed by atoms with van der Waals surface area (Å²) in [6.45, 7) is 2.25. The number of unbranched alkanes of at least 4 members (excludes halogenated alkanes) is 1. The predicted octanol–water partition coefficient (Wildman–Crippen LogP) is 3.48. The fraction of sp³-hybridized carbons (Fsp3) is 0.538. The average molecular weight is 191 g/mol. The molecule has 0 amide bonds. The summed E-state index contributed by atoms with van der Waals surface area (Å²) in [5.41, 5.74) is 1.44. The van der Waals surface area contributed by atoms with E-state index in [1.165, 1.54) is 24.8 Å². The fourth-order valence-corrected chi connectivity index (χ4v) is 1.80. The summed E-state index contributed by atoms with van der Waals surface area (Å²) in [4.78, 5) is 2.31. The maximum atomic E-state index is 2.31. The molecule has 0 saturated carbocycles. The summed E-state index contributed by atoms with van der Waals surface area (Å²) in [7, 11) is 4.32. The smallest absolute Gasteiger partial charge is 0.0342 e. The van der Waals surface area contributed by atoms with Gasteiger partial charge in [-0.1, -0.05) is 50.1 Å². The number of rotatable bonds is 5. The van der Waals surface area contributed by atoms with E-state index in [2.05, 4.69) is 56.3 Å². The molecular formula is C13H21N. The van der Waals surface area contributed by atoms with E-state index in [1.54, 1.807) is 0 Å². The normalized spacial score (nSPS) is 13.1. The van der Waals surface area contributed by atoms with Crippen LogP contribution in [0.25, 0.3) is 0 Å². The highest BCUT2D eigenvalue weighted by Gasteiger charge is 2.12. The first-order chi connectivity index (χ1) is 6.75. The number of hydrogen-bond acceptors (Lipinski definition) is 1. The Labute approximate surface area is 87.7 Å². The van der Waals surface area contributed by atoms with Crippen molar-refractivity contribution in [2.45, 2.75) is 32.2 Å². The largest absolute Gasteiger partial charge is 0.302 e. The molecule has 1 aromatic rings. The van der Waals surface area contributed by atoms with Crippen LogP contribution in [-0.4, -0.2) is 19.0 Å². The zero-order valence-corrected chi connectivity index (χ0v) is 9.53. The van der Waals surface area contributed by atoms with Gasteiger partial charge >= 0.3 is 0 Å². The summed E-state index contributed by atoms with van der Waals surface area (Å²) in [5.74, 6) is 0. The Morgan fingerprint density at radius 3 is 2.29 bits per heavy atom. The van der Waals surface area contributed by atoms with E-state index in [9.17, 15) is 0 Å². The second-order valence-corrected chi connectivity index (χ2v) is 4.03. The molecule has 1 atom stereocenters. The lowest BCUT2D eigenvalue weighted by Gasteiger charge is -2.24. The minimum Gasteiger partial charge on any atom is -0.302 e. The van der Waals surface area contributed by atoms with Crippen molar-refractivity contribution in [3.8, 4) is 0 Å². The Kier molecular flexibility index (Phi) is 4.68. The zero-order chi connectivity index (χ0) is 10.4. The summed E-state index contributed by atoms with van der Waals surface area (Å²) >= 11 is 0. The molecule has 0 aliphatic carbocycles. The van der Waals surface area contributed by atoms with Crippen molar-refractivity contribution in [2.24, 2.45) is 0 Å². The van der Waals surface area contributed by atoms with Crippen molar-refractivity contribution in [1.29, 1.82) is 0 Å². The van der Waals surface area contributed by atoms with Crippen LogP contribution in [0, 0.1) is 0 Å². The van der Waals surface area contributed by atoms with Gasteiger partial charge in [0.15, 0.2) is 0 Å². The molecule has 1 nitrogen and oxygen atoms in total. The lowest BCUT2D eigenvalue weighted by Crippen LogP contribution is -2.19. The monoisotopic (exact) mass is 191 g/mol. The maximum Gasteiger partial charge on any atom is 0.0342 e. The van der Waals surface area contributed by atoms with Crippen molar-refractivity contribution in [2.75, 3.05) is 14.1 Å². The first-order valence-electron chi connectivity index (χ1n) is 5.47. The van der Waals surface area contributed by atoms with Gasteiger partial charge in [-0.2, -0.15) is 0 Å². The molecule has 0 aliphatic rings. The fourth-order valence-electron chi connectivity index (χ4n) is 1.80. The van der Waals surface area contributed by atoms with Crippen molar-refractivity contribution >= 4 is 0 Å². The van der Waals surface area contributed by atoms with Crippen LogP contribution in [0.1, 0.15) is 37.8 Å². The van der Waals surface area contributed by atoms with E-state index in [1.807, 2.05) is 0 Å². The van der Waals surface area contributed by atoms with Crippen molar-refractivity contribution in [3.63, 3.8) is 0 Å². The third-order valence-electron chi connectivity index (χ3n) is 2.64. The molecule has 1 rings (SSSR count). The van der Waals surface area contributed by atoms with Crippen LogP contribution < -0.4 is 0 Å². The van der Waals surface area contributed by atoms with Gasteiger partial charge in [0.25, 0.3) is 0 Å². The SMILES string of the molecule is CCCCC(c1ccccc1)N(C)C. The molecule has 0 fully saturated rings. The molecule has 1 aromatic carbocycles. The molecule has 1 unspecified atom stereocenters. The first kappa shape index (κ1) is 11.3. The summed E-state index contributed by atoms with van der Waals surface area (Å²) < 4.78 is 0. The Morgan fingerprint density at radius 1 is 1.14 bits per heavy atom. The van der Waals surface area contributed by atoms with Gasteiger partial charge in [-0.15, -0.1) is 0 Å². The van der Waals surface area contributed by atoms with E-state index >= 15 is 0 Å². The van der Waals surface area contributed by atoms with Crippen molar-refractivity contribution in [1.82, 2.24) is 4.90 Å². The Balaban J connectivity index is 2.68. The molecule has 14 heavy (non-hydrogen) atoms. The van der Waals surface area contributed by atoms with Gasteiger partial charge in [0.2, 0.25) is 0 Å². The molecule has 78 valence electrons. The zero-order valence-electron chi connectivity index (χ0n) is 9.53. The minimum absolute atomic E-state index is 0.580. The molecule has 0 N–H and O–H groups in total. The molecule has 0 heterocycles. The lowest BCUT2D eigenvalue weighted by atomic mass is 10.0. The molecular weight excluding hydrogens is 170 g/mol. The molecule has 0 aliphatic heterocycles. The van der Waals surface area contributed by atoms with E-state index in [-0.39, 0.29) is 0 Å². The van der Waals surface area contributed by atoms with Crippen LogP contribution in [0.15, 0.2) is 30.3 Å². The van der Waals surface area contributed by atoms with Gasteiger partial charge in [0.1, 0.15) is 0 Å². The van der Waals surface area contributed by atoms with Gasteiger partial charge in [-0.05, 0) is 26.1 Å². The van der Waals surface area contributed by atoms with Crippen LogP contribution >= 0.6 is 0 Å². The highest BCUT2D eigenvalue weighted by molar-refractivity contribution is 5.18. The van der Waals surface area contributed by atoms with Crippen LogP contribution in [0.2, 0.25) is 0 Å². The molecule has 0 radical (unpaired) electrons. The van der Waals surface area contributed by atoms with E-state index in [4.69, 9.17) is 0 Å². The second-order valence-electron chi connectivity index (χ2n) is 4.03. The third kappa shape index (κ3) is 3.15. The van der Waals surface area contributed by atoms with E-state index in [0.29, 0.717) is 6.04 Å². The highest BCUT2D eigenvalue weighted by atomic mass is 15.1. The highest BCUT2D eigenvalue weighted by Crippen LogP contribution is 2.23. The third-order valence-corrected chi connectivity index (χ3v) is 2.64. The molecule has 0 spiro atoms. The Hall–Kier alpha value is -0.820. The van der Waals surface area contributed by atoms with Gasteiger partial charge in [0.05, 0.1) is 0 Å².